The Morgan fingerprint density at radius 1 is 1.07 bits per heavy atom. The van der Waals surface area contributed by atoms with Crippen LogP contribution in [0.25, 0.3) is 6.08 Å². The van der Waals surface area contributed by atoms with Crippen LogP contribution in [-0.4, -0.2) is 23.8 Å². The lowest BCUT2D eigenvalue weighted by atomic mass is 10.1. The quantitative estimate of drug-likeness (QED) is 0.790. The maximum atomic E-state index is 13.0. The highest BCUT2D eigenvalue weighted by Gasteiger charge is 2.33. The maximum Gasteiger partial charge on any atom is 0.416 e. The van der Waals surface area contributed by atoms with Crippen molar-refractivity contribution < 1.29 is 22.8 Å². The number of nitrogens with zero attached hydrogens (tertiary/aromatic N) is 1. The van der Waals surface area contributed by atoms with Crippen molar-refractivity contribution in [3.63, 3.8) is 0 Å². The van der Waals surface area contributed by atoms with E-state index >= 15 is 0 Å². The highest BCUT2D eigenvalue weighted by molar-refractivity contribution is 5.92. The van der Waals surface area contributed by atoms with Crippen LogP contribution in [0.5, 0.6) is 0 Å². The van der Waals surface area contributed by atoms with Crippen LogP contribution in [0, 0.1) is 0 Å². The summed E-state index contributed by atoms with van der Waals surface area (Å²) in [6.45, 7) is 1.25. The van der Waals surface area contributed by atoms with Gasteiger partial charge >= 0.3 is 6.18 Å². The Labute approximate surface area is 155 Å². The van der Waals surface area contributed by atoms with E-state index in [9.17, 15) is 22.8 Å². The fraction of sp³-hybridized carbons (Fsp3) is 0.200. The minimum absolute atomic E-state index is 0.0360. The first-order chi connectivity index (χ1) is 12.7. The number of benzene rings is 2. The zero-order valence-electron chi connectivity index (χ0n) is 14.9. The van der Waals surface area contributed by atoms with Gasteiger partial charge in [0.1, 0.15) is 0 Å². The molecule has 0 radical (unpaired) electrons. The van der Waals surface area contributed by atoms with Crippen molar-refractivity contribution in [3.05, 3.63) is 71.3 Å². The number of likely N-dealkylation sites (N-methyl/N-ethyl adjacent to an activating group) is 1. The van der Waals surface area contributed by atoms with Crippen LogP contribution >= 0.6 is 0 Å². The molecule has 0 spiro atoms. The summed E-state index contributed by atoms with van der Waals surface area (Å²) in [4.78, 5) is 24.4. The normalized spacial score (nSPS) is 11.4. The number of anilines is 1. The van der Waals surface area contributed by atoms with Crippen LogP contribution in [0.4, 0.5) is 18.9 Å². The van der Waals surface area contributed by atoms with E-state index in [1.54, 1.807) is 30.3 Å². The smallest absolute Gasteiger partial charge is 0.338 e. The van der Waals surface area contributed by atoms with Crippen molar-refractivity contribution in [3.8, 4) is 0 Å². The Kier molecular flexibility index (Phi) is 6.39. The molecular formula is C20H19F3N2O2. The van der Waals surface area contributed by atoms with Gasteiger partial charge in [-0.05, 0) is 35.4 Å². The highest BCUT2D eigenvalue weighted by atomic mass is 19.4. The molecule has 2 rings (SSSR count). The lowest BCUT2D eigenvalue weighted by molar-refractivity contribution is -0.139. The summed E-state index contributed by atoms with van der Waals surface area (Å²) in [7, 11) is 1.44. The molecule has 7 heteroatoms. The molecular weight excluding hydrogens is 357 g/mol. The second-order valence-corrected chi connectivity index (χ2v) is 5.99. The zero-order valence-corrected chi connectivity index (χ0v) is 14.9. The molecule has 27 heavy (non-hydrogen) atoms. The van der Waals surface area contributed by atoms with Crippen molar-refractivity contribution >= 4 is 23.6 Å². The van der Waals surface area contributed by atoms with Gasteiger partial charge in [-0.2, -0.15) is 13.2 Å². The summed E-state index contributed by atoms with van der Waals surface area (Å²) in [5.41, 5.74) is 0.643. The van der Waals surface area contributed by atoms with Crippen LogP contribution in [0.1, 0.15) is 23.6 Å². The van der Waals surface area contributed by atoms with E-state index in [0.717, 1.165) is 11.6 Å². The number of carbonyl (C=O) groups is 2. The molecule has 0 fully saturated rings. The minimum Gasteiger partial charge on any atom is -0.338 e. The topological polar surface area (TPSA) is 49.4 Å². The zero-order chi connectivity index (χ0) is 20.0. The van der Waals surface area contributed by atoms with Gasteiger partial charge in [-0.15, -0.1) is 0 Å². The SMILES string of the molecule is CC(=O)Nc1ccc(/C=C/C(=O)N(C)Cc2ccccc2C(F)(F)F)cc1. The summed E-state index contributed by atoms with van der Waals surface area (Å²) in [5.74, 6) is -0.604. The van der Waals surface area contributed by atoms with Crippen LogP contribution < -0.4 is 5.32 Å². The number of halogens is 3. The molecule has 1 N–H and O–H groups in total. The Morgan fingerprint density at radius 3 is 2.30 bits per heavy atom. The molecule has 142 valence electrons. The Bertz CT molecular complexity index is 843. The third kappa shape index (κ3) is 5.99. The van der Waals surface area contributed by atoms with E-state index in [2.05, 4.69) is 5.32 Å². The lowest BCUT2D eigenvalue weighted by Gasteiger charge is -2.19. The first-order valence-electron chi connectivity index (χ1n) is 8.13. The fourth-order valence-corrected chi connectivity index (χ4v) is 2.44. The van der Waals surface area contributed by atoms with Crippen molar-refractivity contribution in [2.24, 2.45) is 0 Å². The Balaban J connectivity index is 2.04. The van der Waals surface area contributed by atoms with Gasteiger partial charge in [-0.3, -0.25) is 9.59 Å². The maximum absolute atomic E-state index is 13.0. The van der Waals surface area contributed by atoms with E-state index in [-0.39, 0.29) is 18.0 Å². The fourth-order valence-electron chi connectivity index (χ4n) is 2.44. The van der Waals surface area contributed by atoms with Crippen LogP contribution in [-0.2, 0) is 22.3 Å². The van der Waals surface area contributed by atoms with E-state index in [4.69, 9.17) is 0 Å². The van der Waals surface area contributed by atoms with Crippen LogP contribution in [0.15, 0.2) is 54.6 Å². The molecule has 0 aromatic heterocycles. The van der Waals surface area contributed by atoms with Gasteiger partial charge in [-0.25, -0.2) is 0 Å². The average Bonchev–Trinajstić information content (AvgIpc) is 2.60. The molecule has 0 heterocycles. The Hall–Kier alpha value is -3.09. The van der Waals surface area contributed by atoms with Gasteiger partial charge in [-0.1, -0.05) is 30.3 Å². The highest BCUT2D eigenvalue weighted by Crippen LogP contribution is 2.32. The van der Waals surface area contributed by atoms with Crippen molar-refractivity contribution in [1.82, 2.24) is 4.90 Å². The van der Waals surface area contributed by atoms with E-state index < -0.39 is 17.6 Å². The van der Waals surface area contributed by atoms with Crippen molar-refractivity contribution in [2.45, 2.75) is 19.6 Å². The number of carbonyl (C=O) groups excluding carboxylic acids is 2. The summed E-state index contributed by atoms with van der Waals surface area (Å²) < 4.78 is 39.1. The molecule has 0 aliphatic heterocycles. The number of amides is 2. The van der Waals surface area contributed by atoms with Crippen molar-refractivity contribution in [1.29, 1.82) is 0 Å². The monoisotopic (exact) mass is 376 g/mol. The molecule has 0 aliphatic carbocycles. The van der Waals surface area contributed by atoms with Gasteiger partial charge < -0.3 is 10.2 Å². The molecule has 0 atom stereocenters. The van der Waals surface area contributed by atoms with E-state index in [1.165, 1.54) is 43.1 Å². The van der Waals surface area contributed by atoms with Crippen LogP contribution in [0.3, 0.4) is 0 Å². The molecule has 2 aromatic rings. The van der Waals surface area contributed by atoms with Gasteiger partial charge in [0.25, 0.3) is 0 Å². The molecule has 0 aliphatic rings. The number of hydrogen-bond acceptors (Lipinski definition) is 2. The summed E-state index contributed by atoms with van der Waals surface area (Å²) in [6, 6.07) is 12.0. The third-order valence-electron chi connectivity index (χ3n) is 3.76. The summed E-state index contributed by atoms with van der Waals surface area (Å²) >= 11 is 0. The summed E-state index contributed by atoms with van der Waals surface area (Å²) in [6.07, 6.45) is -1.61. The van der Waals surface area contributed by atoms with Crippen molar-refractivity contribution in [2.75, 3.05) is 12.4 Å². The first kappa shape index (κ1) is 20.2. The largest absolute Gasteiger partial charge is 0.416 e. The van der Waals surface area contributed by atoms with E-state index in [0.29, 0.717) is 5.69 Å². The average molecular weight is 376 g/mol. The number of alkyl halides is 3. The van der Waals surface area contributed by atoms with E-state index in [1.807, 2.05) is 0 Å². The molecule has 0 unspecified atom stereocenters. The van der Waals surface area contributed by atoms with Gasteiger partial charge in [0.05, 0.1) is 5.56 Å². The summed E-state index contributed by atoms with van der Waals surface area (Å²) in [5, 5.41) is 2.63. The molecule has 4 nitrogen and oxygen atoms in total. The van der Waals surface area contributed by atoms with Gasteiger partial charge in [0.15, 0.2) is 0 Å². The van der Waals surface area contributed by atoms with Gasteiger partial charge in [0.2, 0.25) is 11.8 Å². The number of rotatable bonds is 5. The third-order valence-corrected chi connectivity index (χ3v) is 3.76. The van der Waals surface area contributed by atoms with Gasteiger partial charge in [0, 0.05) is 32.3 Å². The molecule has 0 saturated heterocycles. The lowest BCUT2D eigenvalue weighted by Crippen LogP contribution is -2.25. The number of nitrogens with one attached hydrogen (secondary N) is 1. The minimum atomic E-state index is -4.47. The first-order valence-corrected chi connectivity index (χ1v) is 8.13. The predicted octanol–water partition coefficient (Wildman–Crippen LogP) is 4.34. The Morgan fingerprint density at radius 2 is 1.70 bits per heavy atom. The molecule has 2 amide bonds. The predicted molar refractivity (Wildman–Crippen MR) is 97.7 cm³/mol. The number of hydrogen-bond donors (Lipinski definition) is 1. The standard InChI is InChI=1S/C20H19F3N2O2/c1-14(26)24-17-10-7-15(8-11-17)9-12-19(27)25(2)13-16-5-3-4-6-18(16)20(21,22)23/h3-12H,13H2,1-2H3,(H,24,26)/b12-9+. The molecule has 0 bridgehead atoms. The molecule has 0 saturated carbocycles. The van der Waals surface area contributed by atoms with Crippen LogP contribution in [0.2, 0.25) is 0 Å². The molecule has 2 aromatic carbocycles. The second-order valence-electron chi connectivity index (χ2n) is 5.99. The second kappa shape index (κ2) is 8.53.